The van der Waals surface area contributed by atoms with Crippen molar-refractivity contribution < 1.29 is 14.3 Å². The third-order valence-electron chi connectivity index (χ3n) is 4.20. The molecule has 30 heavy (non-hydrogen) atoms. The second-order valence-electron chi connectivity index (χ2n) is 6.53. The fraction of sp³-hybridized carbons (Fsp3) is 0.167. The molecule has 0 aromatic heterocycles. The van der Waals surface area contributed by atoms with Gasteiger partial charge in [0.25, 0.3) is 5.91 Å². The minimum Gasteiger partial charge on any atom is -0.490 e. The van der Waals surface area contributed by atoms with Crippen LogP contribution in [0, 0.1) is 6.92 Å². The number of aliphatic imine (C=N–C) groups is 1. The number of nitrogens with zero attached hydrogens (tertiary/aromatic N) is 1. The van der Waals surface area contributed by atoms with E-state index in [9.17, 15) is 4.79 Å². The van der Waals surface area contributed by atoms with E-state index in [0.29, 0.717) is 23.1 Å². The number of carbonyl (C=O) groups excluding carboxylic acids is 1. The summed E-state index contributed by atoms with van der Waals surface area (Å²) in [5, 5.41) is 3.46. The van der Waals surface area contributed by atoms with Crippen molar-refractivity contribution in [3.63, 3.8) is 0 Å². The number of halogens is 1. The number of anilines is 1. The molecular formula is C24H23ClN2O3. The normalized spacial score (nSPS) is 10.8. The largest absolute Gasteiger partial charge is 0.490 e. The van der Waals surface area contributed by atoms with Crippen LogP contribution in [0.1, 0.15) is 18.1 Å². The average Bonchev–Trinajstić information content (AvgIpc) is 2.75. The highest BCUT2D eigenvalue weighted by Crippen LogP contribution is 2.29. The van der Waals surface area contributed by atoms with Crippen molar-refractivity contribution in [2.45, 2.75) is 13.8 Å². The van der Waals surface area contributed by atoms with Crippen LogP contribution in [-0.2, 0) is 4.79 Å². The van der Waals surface area contributed by atoms with Gasteiger partial charge in [0, 0.05) is 16.9 Å². The molecule has 0 saturated carbocycles. The van der Waals surface area contributed by atoms with Gasteiger partial charge in [-0.05, 0) is 67.4 Å². The Morgan fingerprint density at radius 2 is 1.83 bits per heavy atom. The Morgan fingerprint density at radius 1 is 1.03 bits per heavy atom. The summed E-state index contributed by atoms with van der Waals surface area (Å²) in [6.07, 6.45) is 1.73. The number of para-hydroxylation sites is 1. The fourth-order valence-corrected chi connectivity index (χ4v) is 2.84. The van der Waals surface area contributed by atoms with Crippen molar-refractivity contribution in [3.05, 3.63) is 82.9 Å². The Kier molecular flexibility index (Phi) is 7.46. The van der Waals surface area contributed by atoms with Gasteiger partial charge in [0.1, 0.15) is 0 Å². The Hall–Kier alpha value is -3.31. The van der Waals surface area contributed by atoms with Crippen LogP contribution in [0.3, 0.4) is 0 Å². The molecule has 0 atom stereocenters. The SMILES string of the molecule is CCOc1cc(C=Nc2ccc(C)c(Cl)c2)ccc1OCC(=O)Nc1ccccc1. The van der Waals surface area contributed by atoms with E-state index in [2.05, 4.69) is 10.3 Å². The molecule has 0 bridgehead atoms. The smallest absolute Gasteiger partial charge is 0.262 e. The van der Waals surface area contributed by atoms with Crippen molar-refractivity contribution in [3.8, 4) is 11.5 Å². The van der Waals surface area contributed by atoms with Crippen molar-refractivity contribution in [2.75, 3.05) is 18.5 Å². The zero-order chi connectivity index (χ0) is 21.3. The van der Waals surface area contributed by atoms with Gasteiger partial charge in [0.2, 0.25) is 0 Å². The Bertz CT molecular complexity index is 1040. The average molecular weight is 423 g/mol. The van der Waals surface area contributed by atoms with E-state index in [0.717, 1.165) is 22.5 Å². The summed E-state index contributed by atoms with van der Waals surface area (Å²) in [4.78, 5) is 16.6. The van der Waals surface area contributed by atoms with Crippen LogP contribution in [0.5, 0.6) is 11.5 Å². The third kappa shape index (κ3) is 6.09. The zero-order valence-electron chi connectivity index (χ0n) is 16.9. The molecule has 0 spiro atoms. The number of carbonyl (C=O) groups is 1. The molecule has 3 rings (SSSR count). The van der Waals surface area contributed by atoms with Crippen LogP contribution in [-0.4, -0.2) is 25.3 Å². The first-order chi connectivity index (χ1) is 14.5. The number of ether oxygens (including phenoxy) is 2. The highest BCUT2D eigenvalue weighted by atomic mass is 35.5. The molecule has 0 aliphatic carbocycles. The predicted octanol–water partition coefficient (Wildman–Crippen LogP) is 5.82. The van der Waals surface area contributed by atoms with Crippen LogP contribution in [0.2, 0.25) is 5.02 Å². The molecule has 0 fully saturated rings. The summed E-state index contributed by atoms with van der Waals surface area (Å²) in [5.41, 5.74) is 3.34. The van der Waals surface area contributed by atoms with Gasteiger partial charge in [-0.2, -0.15) is 0 Å². The Morgan fingerprint density at radius 3 is 2.57 bits per heavy atom. The van der Waals surface area contributed by atoms with E-state index in [4.69, 9.17) is 21.1 Å². The quantitative estimate of drug-likeness (QED) is 0.465. The topological polar surface area (TPSA) is 59.9 Å². The molecule has 1 amide bonds. The lowest BCUT2D eigenvalue weighted by Gasteiger charge is -2.12. The van der Waals surface area contributed by atoms with E-state index in [1.165, 1.54) is 0 Å². The van der Waals surface area contributed by atoms with E-state index < -0.39 is 0 Å². The lowest BCUT2D eigenvalue weighted by Crippen LogP contribution is -2.20. The number of benzene rings is 3. The van der Waals surface area contributed by atoms with Crippen LogP contribution in [0.15, 0.2) is 71.7 Å². The van der Waals surface area contributed by atoms with E-state index in [1.54, 1.807) is 12.3 Å². The first kappa shape index (κ1) is 21.4. The van der Waals surface area contributed by atoms with Crippen LogP contribution < -0.4 is 14.8 Å². The van der Waals surface area contributed by atoms with E-state index in [1.807, 2.05) is 74.5 Å². The predicted molar refractivity (Wildman–Crippen MR) is 122 cm³/mol. The fourth-order valence-electron chi connectivity index (χ4n) is 2.67. The molecule has 1 N–H and O–H groups in total. The molecule has 0 radical (unpaired) electrons. The lowest BCUT2D eigenvalue weighted by atomic mass is 10.2. The second-order valence-corrected chi connectivity index (χ2v) is 6.94. The number of aryl methyl sites for hydroxylation is 1. The van der Waals surface area contributed by atoms with Crippen molar-refractivity contribution in [1.82, 2.24) is 0 Å². The minimum atomic E-state index is -0.245. The molecule has 0 heterocycles. The van der Waals surface area contributed by atoms with Gasteiger partial charge in [-0.15, -0.1) is 0 Å². The maximum Gasteiger partial charge on any atom is 0.262 e. The maximum atomic E-state index is 12.1. The molecule has 154 valence electrons. The number of rotatable bonds is 8. The summed E-state index contributed by atoms with van der Waals surface area (Å²) >= 11 is 6.15. The molecule has 6 heteroatoms. The minimum absolute atomic E-state index is 0.121. The van der Waals surface area contributed by atoms with E-state index >= 15 is 0 Å². The van der Waals surface area contributed by atoms with Crippen molar-refractivity contribution >= 4 is 35.1 Å². The van der Waals surface area contributed by atoms with Crippen LogP contribution in [0.4, 0.5) is 11.4 Å². The van der Waals surface area contributed by atoms with Gasteiger partial charge >= 0.3 is 0 Å². The summed E-state index contributed by atoms with van der Waals surface area (Å²) in [6, 6.07) is 20.3. The summed E-state index contributed by atoms with van der Waals surface area (Å²) in [6.45, 7) is 4.19. The number of hydrogen-bond acceptors (Lipinski definition) is 4. The van der Waals surface area contributed by atoms with E-state index in [-0.39, 0.29) is 12.5 Å². The van der Waals surface area contributed by atoms with Crippen molar-refractivity contribution in [1.29, 1.82) is 0 Å². The first-order valence-corrected chi connectivity index (χ1v) is 9.97. The first-order valence-electron chi connectivity index (χ1n) is 9.60. The van der Waals surface area contributed by atoms with Crippen LogP contribution >= 0.6 is 11.6 Å². The second kappa shape index (κ2) is 10.5. The molecule has 0 saturated heterocycles. The highest BCUT2D eigenvalue weighted by molar-refractivity contribution is 6.31. The Balaban J connectivity index is 1.67. The summed E-state index contributed by atoms with van der Waals surface area (Å²) in [7, 11) is 0. The van der Waals surface area contributed by atoms with Gasteiger partial charge in [-0.3, -0.25) is 9.79 Å². The molecule has 0 unspecified atom stereocenters. The molecule has 3 aromatic carbocycles. The molecule has 3 aromatic rings. The summed E-state index contributed by atoms with van der Waals surface area (Å²) < 4.78 is 11.3. The molecular weight excluding hydrogens is 400 g/mol. The number of nitrogens with one attached hydrogen (secondary N) is 1. The zero-order valence-corrected chi connectivity index (χ0v) is 17.6. The van der Waals surface area contributed by atoms with Crippen molar-refractivity contribution in [2.24, 2.45) is 4.99 Å². The van der Waals surface area contributed by atoms with Gasteiger partial charge in [-0.1, -0.05) is 35.9 Å². The number of amides is 1. The van der Waals surface area contributed by atoms with Gasteiger partial charge < -0.3 is 14.8 Å². The Labute approximate surface area is 181 Å². The lowest BCUT2D eigenvalue weighted by molar-refractivity contribution is -0.118. The monoisotopic (exact) mass is 422 g/mol. The van der Waals surface area contributed by atoms with Gasteiger partial charge in [0.15, 0.2) is 18.1 Å². The number of hydrogen-bond donors (Lipinski definition) is 1. The standard InChI is InChI=1S/C24H23ClN2O3/c1-3-29-23-13-18(15-26-20-11-9-17(2)21(25)14-20)10-12-22(23)30-16-24(28)27-19-7-5-4-6-8-19/h4-15H,3,16H2,1-2H3,(H,27,28). The maximum absolute atomic E-state index is 12.1. The third-order valence-corrected chi connectivity index (χ3v) is 4.61. The van der Waals surface area contributed by atoms with Crippen LogP contribution in [0.25, 0.3) is 0 Å². The summed E-state index contributed by atoms with van der Waals surface area (Å²) in [5.74, 6) is 0.803. The molecule has 0 aliphatic rings. The molecule has 5 nitrogen and oxygen atoms in total. The van der Waals surface area contributed by atoms with Gasteiger partial charge in [-0.25, -0.2) is 0 Å². The molecule has 0 aliphatic heterocycles. The van der Waals surface area contributed by atoms with Gasteiger partial charge in [0.05, 0.1) is 12.3 Å². The highest BCUT2D eigenvalue weighted by Gasteiger charge is 2.09.